The molecule has 0 unspecified atom stereocenters. The van der Waals surface area contributed by atoms with Crippen LogP contribution >= 0.6 is 0 Å². The lowest BCUT2D eigenvalue weighted by Gasteiger charge is -2.06. The van der Waals surface area contributed by atoms with Crippen molar-refractivity contribution in [2.75, 3.05) is 13.7 Å². The summed E-state index contributed by atoms with van der Waals surface area (Å²) in [5, 5.41) is 11.5. The molecule has 9 aromatic rings. The van der Waals surface area contributed by atoms with Gasteiger partial charge in [0.15, 0.2) is 0 Å². The number of para-hydroxylation sites is 4. The number of aromatic nitrogens is 5. The Balaban J connectivity index is 0.000000183. The molecule has 1 aliphatic heterocycles. The third kappa shape index (κ3) is 14.4. The molecule has 0 saturated carbocycles. The summed E-state index contributed by atoms with van der Waals surface area (Å²) in [5.41, 5.74) is 12.5. The van der Waals surface area contributed by atoms with Crippen LogP contribution < -0.4 is 9.47 Å². The van der Waals surface area contributed by atoms with Gasteiger partial charge >= 0.3 is 0 Å². The van der Waals surface area contributed by atoms with Gasteiger partial charge in [-0.3, -0.25) is 9.97 Å². The Kier molecular flexibility index (Phi) is 20.0. The molecule has 0 saturated heterocycles. The van der Waals surface area contributed by atoms with Crippen LogP contribution in [-0.4, -0.2) is 38.9 Å². The SMILES string of the molecule is C.C.CC(C)c1ccc2c(c1)CCO2.CC(C)c1ccc2c(c1)oc1ccccc12.CC(C)c1cnc2ccccc2c1.CC(C)c1cnc2ccccc2n1.COc1ccc(C(C)C)nn1. The molecule has 5 aromatic carbocycles. The summed E-state index contributed by atoms with van der Waals surface area (Å²) in [7, 11) is 1.58. The van der Waals surface area contributed by atoms with Gasteiger partial charge in [-0.15, -0.1) is 5.10 Å². The lowest BCUT2D eigenvalue weighted by molar-refractivity contribution is 0.357. The Hall–Kier alpha value is -6.67. The van der Waals surface area contributed by atoms with Gasteiger partial charge in [0.25, 0.3) is 0 Å². The summed E-state index contributed by atoms with van der Waals surface area (Å²) in [4.78, 5) is 13.3. The molecule has 0 fully saturated rings. The Morgan fingerprint density at radius 1 is 0.493 bits per heavy atom. The van der Waals surface area contributed by atoms with E-state index in [0.717, 1.165) is 57.9 Å². The molecule has 4 aromatic heterocycles. The molecule has 0 spiro atoms. The summed E-state index contributed by atoms with van der Waals surface area (Å²) < 4.78 is 16.2. The maximum Gasteiger partial charge on any atom is 0.233 e. The second-order valence-electron chi connectivity index (χ2n) is 17.8. The zero-order valence-electron chi connectivity index (χ0n) is 40.0. The zero-order valence-corrected chi connectivity index (χ0v) is 40.0. The Morgan fingerprint density at radius 2 is 1.09 bits per heavy atom. The Bertz CT molecular complexity index is 2820. The highest BCUT2D eigenvalue weighted by molar-refractivity contribution is 6.04. The van der Waals surface area contributed by atoms with Crippen LogP contribution in [0.4, 0.5) is 0 Å². The number of benzene rings is 5. The van der Waals surface area contributed by atoms with Crippen molar-refractivity contribution < 1.29 is 13.9 Å². The smallest absolute Gasteiger partial charge is 0.233 e. The van der Waals surface area contributed by atoms with E-state index in [-0.39, 0.29) is 14.9 Å². The largest absolute Gasteiger partial charge is 0.493 e. The summed E-state index contributed by atoms with van der Waals surface area (Å²) >= 11 is 0. The average Bonchev–Trinajstić information content (AvgIpc) is 3.96. The number of furan rings is 1. The van der Waals surface area contributed by atoms with E-state index in [1.54, 1.807) is 7.11 Å². The minimum atomic E-state index is 0. The number of ether oxygens (including phenoxy) is 2. The number of rotatable bonds is 6. The molecule has 5 heterocycles. The quantitative estimate of drug-likeness (QED) is 0.163. The van der Waals surface area contributed by atoms with E-state index in [0.29, 0.717) is 35.5 Å². The van der Waals surface area contributed by atoms with Crippen LogP contribution in [0.25, 0.3) is 43.9 Å². The van der Waals surface area contributed by atoms with E-state index >= 15 is 0 Å². The highest BCUT2D eigenvalue weighted by atomic mass is 16.5. The molecule has 67 heavy (non-hydrogen) atoms. The van der Waals surface area contributed by atoms with Gasteiger partial charge in [-0.05, 0) is 100 Å². The van der Waals surface area contributed by atoms with E-state index < -0.39 is 0 Å². The second kappa shape index (κ2) is 25.3. The van der Waals surface area contributed by atoms with Crippen molar-refractivity contribution in [2.45, 2.75) is 120 Å². The van der Waals surface area contributed by atoms with E-state index in [9.17, 15) is 0 Å². The molecule has 0 aliphatic carbocycles. The molecule has 352 valence electrons. The van der Waals surface area contributed by atoms with Gasteiger partial charge in [0.2, 0.25) is 5.88 Å². The van der Waals surface area contributed by atoms with E-state index in [2.05, 4.69) is 149 Å². The first-order valence-corrected chi connectivity index (χ1v) is 22.9. The van der Waals surface area contributed by atoms with Crippen LogP contribution in [0.1, 0.15) is 147 Å². The first kappa shape index (κ1) is 52.9. The van der Waals surface area contributed by atoms with E-state index in [4.69, 9.17) is 13.9 Å². The fourth-order valence-corrected chi connectivity index (χ4v) is 7.07. The van der Waals surface area contributed by atoms with E-state index in [1.807, 2.05) is 85.2 Å². The normalized spacial score (nSPS) is 11.3. The number of hydrogen-bond acceptors (Lipinski definition) is 8. The van der Waals surface area contributed by atoms with Gasteiger partial charge in [-0.25, -0.2) is 4.98 Å². The van der Waals surface area contributed by atoms with Gasteiger partial charge in [0, 0.05) is 41.0 Å². The molecule has 0 bridgehead atoms. The molecule has 0 radical (unpaired) electrons. The topological polar surface area (TPSA) is 96.1 Å². The van der Waals surface area contributed by atoms with Crippen molar-refractivity contribution in [3.8, 4) is 11.6 Å². The Labute approximate surface area is 400 Å². The van der Waals surface area contributed by atoms with Gasteiger partial charge < -0.3 is 13.9 Å². The third-order valence-electron chi connectivity index (χ3n) is 11.2. The van der Waals surface area contributed by atoms with Crippen molar-refractivity contribution in [1.29, 1.82) is 0 Å². The first-order chi connectivity index (χ1) is 31.3. The molecule has 10 rings (SSSR count). The number of pyridine rings is 1. The molecule has 1 aliphatic rings. The van der Waals surface area contributed by atoms with Crippen LogP contribution in [-0.2, 0) is 6.42 Å². The molecular formula is C59H73N5O3. The van der Waals surface area contributed by atoms with Crippen LogP contribution in [0.3, 0.4) is 0 Å². The summed E-state index contributed by atoms with van der Waals surface area (Å²) in [5.74, 6) is 4.23. The van der Waals surface area contributed by atoms with Crippen LogP contribution in [0.15, 0.2) is 144 Å². The predicted molar refractivity (Wildman–Crippen MR) is 283 cm³/mol. The molecule has 0 amide bonds. The molecule has 0 N–H and O–H groups in total. The lowest BCUT2D eigenvalue weighted by atomic mass is 10.00. The van der Waals surface area contributed by atoms with Gasteiger partial charge in [-0.2, -0.15) is 5.10 Å². The average molecular weight is 900 g/mol. The third-order valence-corrected chi connectivity index (χ3v) is 11.2. The van der Waals surface area contributed by atoms with Gasteiger partial charge in [0.1, 0.15) is 16.9 Å². The summed E-state index contributed by atoms with van der Waals surface area (Å²) in [6.07, 6.45) is 4.90. The standard InChI is InChI=1S/C15H14O.C12H13N.C11H12N2.C11H14O.C8H12N2O.2CH4/c1-10(2)11-7-8-13-12-5-3-4-6-14(12)16-15(13)9-11;1-9(2)11-7-10-5-3-4-6-12(10)13-8-11;1-8(2)11-7-12-9-5-3-4-6-10(9)13-11;1-8(2)9-3-4-11-10(7-9)5-6-12-11;1-6(2)7-4-5-8(11-3)10-9-7;;/h3-10H,1-2H3;3-9H,1-2H3;3-8H,1-2H3;3-4,7-8H,5-6H2,1-2H3;4-6H,1-3H3;2*1H4. The highest BCUT2D eigenvalue weighted by Gasteiger charge is 2.13. The molecule has 8 nitrogen and oxygen atoms in total. The van der Waals surface area contributed by atoms with Gasteiger partial charge in [0.05, 0.1) is 41.7 Å². The maximum absolute atomic E-state index is 5.84. The van der Waals surface area contributed by atoms with Crippen LogP contribution in [0.2, 0.25) is 0 Å². The van der Waals surface area contributed by atoms with Crippen molar-refractivity contribution >= 4 is 43.9 Å². The predicted octanol–water partition coefficient (Wildman–Crippen LogP) is 16.4. The fraction of sp³-hybridized carbons (Fsp3) is 0.339. The molecule has 8 heteroatoms. The Morgan fingerprint density at radius 3 is 1.75 bits per heavy atom. The first-order valence-electron chi connectivity index (χ1n) is 22.9. The molecule has 0 atom stereocenters. The summed E-state index contributed by atoms with van der Waals surface area (Å²) in [6.45, 7) is 22.5. The monoisotopic (exact) mass is 900 g/mol. The van der Waals surface area contributed by atoms with Crippen LogP contribution in [0, 0.1) is 0 Å². The zero-order chi connectivity index (χ0) is 46.5. The van der Waals surface area contributed by atoms with Crippen molar-refractivity contribution in [1.82, 2.24) is 25.1 Å². The van der Waals surface area contributed by atoms with Crippen molar-refractivity contribution in [3.63, 3.8) is 0 Å². The lowest BCUT2D eigenvalue weighted by Crippen LogP contribution is -1.96. The minimum absolute atomic E-state index is 0. The number of methoxy groups -OCH3 is 1. The van der Waals surface area contributed by atoms with Gasteiger partial charge in [-0.1, -0.05) is 157 Å². The number of nitrogens with zero attached hydrogens (tertiary/aromatic N) is 5. The van der Waals surface area contributed by atoms with Crippen LogP contribution in [0.5, 0.6) is 11.6 Å². The maximum atomic E-state index is 5.84. The highest BCUT2D eigenvalue weighted by Crippen LogP contribution is 2.31. The van der Waals surface area contributed by atoms with E-state index in [1.165, 1.54) is 38.4 Å². The van der Waals surface area contributed by atoms with Crippen molar-refractivity contribution in [3.05, 3.63) is 173 Å². The number of fused-ring (bicyclic) bond motifs is 6. The second-order valence-corrected chi connectivity index (χ2v) is 17.8. The molecular weight excluding hydrogens is 827 g/mol. The van der Waals surface area contributed by atoms with Crippen molar-refractivity contribution in [2.24, 2.45) is 0 Å². The summed E-state index contributed by atoms with van der Waals surface area (Å²) in [6, 6.07) is 43.3. The minimum Gasteiger partial charge on any atom is -0.493 e. The number of hydrogen-bond donors (Lipinski definition) is 0. The fourth-order valence-electron chi connectivity index (χ4n) is 7.07.